The van der Waals surface area contributed by atoms with Gasteiger partial charge in [0.25, 0.3) is 0 Å². The average Bonchev–Trinajstić information content (AvgIpc) is 3.28. The summed E-state index contributed by atoms with van der Waals surface area (Å²) in [7, 11) is 1.55. The predicted molar refractivity (Wildman–Crippen MR) is 167 cm³/mol. The molecule has 234 valence electrons. The number of rotatable bonds is 8. The molecule has 3 aliphatic rings. The fraction of sp³-hybridized carbons (Fsp3) is 0.486. The van der Waals surface area contributed by atoms with Crippen LogP contribution in [0.15, 0.2) is 48.5 Å². The Kier molecular flexibility index (Phi) is 9.44. The first-order valence-corrected chi connectivity index (χ1v) is 15.7. The second-order valence-electron chi connectivity index (χ2n) is 12.1. The Bertz CT molecular complexity index is 1480. The van der Waals surface area contributed by atoms with Crippen molar-refractivity contribution >= 4 is 11.8 Å². The van der Waals surface area contributed by atoms with Crippen molar-refractivity contribution in [3.63, 3.8) is 0 Å². The van der Waals surface area contributed by atoms with Crippen LogP contribution in [-0.2, 0) is 33.7 Å². The van der Waals surface area contributed by atoms with Gasteiger partial charge in [-0.05, 0) is 73.9 Å². The highest BCUT2D eigenvalue weighted by atomic mass is 19.1. The number of piperidine rings is 1. The number of anilines is 1. The van der Waals surface area contributed by atoms with Gasteiger partial charge in [0.1, 0.15) is 24.0 Å². The van der Waals surface area contributed by atoms with E-state index >= 15 is 4.39 Å². The molecule has 3 aromatic rings. The zero-order valence-electron chi connectivity index (χ0n) is 25.6. The molecule has 9 heteroatoms. The Morgan fingerprint density at radius 2 is 1.84 bits per heavy atom. The van der Waals surface area contributed by atoms with Crippen molar-refractivity contribution < 1.29 is 28.5 Å². The number of para-hydroxylation sites is 1. The van der Waals surface area contributed by atoms with E-state index in [9.17, 15) is 9.90 Å². The number of carbonyl (C=O) groups is 1. The largest absolute Gasteiger partial charge is 0.488 e. The number of ether oxygens (including phenoxy) is 3. The van der Waals surface area contributed by atoms with Crippen LogP contribution in [0.4, 0.5) is 10.2 Å². The molecule has 6 rings (SSSR count). The SMILES string of the molecule is CO[C@H]1CN(c2cccc(-c3cccc(C)c3OCc3ccc4c(c3F)CCN(C3CCOCC3)CC4)n2)CC[C@H]1C(=O)O. The number of aromatic nitrogens is 1. The van der Waals surface area contributed by atoms with Gasteiger partial charge in [-0.3, -0.25) is 9.69 Å². The van der Waals surface area contributed by atoms with E-state index in [0.717, 1.165) is 79.3 Å². The number of hydrogen-bond acceptors (Lipinski definition) is 7. The molecule has 4 heterocycles. The van der Waals surface area contributed by atoms with Gasteiger partial charge < -0.3 is 24.2 Å². The number of halogens is 1. The minimum atomic E-state index is -0.831. The normalized spacial score (nSPS) is 21.5. The van der Waals surface area contributed by atoms with Crippen LogP contribution >= 0.6 is 0 Å². The van der Waals surface area contributed by atoms with Crippen LogP contribution in [0.5, 0.6) is 5.75 Å². The Morgan fingerprint density at radius 3 is 2.64 bits per heavy atom. The monoisotopic (exact) mass is 603 g/mol. The summed E-state index contributed by atoms with van der Waals surface area (Å²) < 4.78 is 33.4. The zero-order chi connectivity index (χ0) is 30.6. The summed E-state index contributed by atoms with van der Waals surface area (Å²) in [6, 6.07) is 16.2. The number of aliphatic carboxylic acids is 1. The van der Waals surface area contributed by atoms with Gasteiger partial charge in [-0.2, -0.15) is 0 Å². The fourth-order valence-electron chi connectivity index (χ4n) is 6.96. The van der Waals surface area contributed by atoms with E-state index in [0.29, 0.717) is 43.3 Å². The van der Waals surface area contributed by atoms with Crippen LogP contribution in [0.1, 0.15) is 41.5 Å². The topological polar surface area (TPSA) is 84.4 Å². The lowest BCUT2D eigenvalue weighted by Crippen LogP contribution is -2.47. The summed E-state index contributed by atoms with van der Waals surface area (Å²) in [4.78, 5) is 21.2. The quantitative estimate of drug-likeness (QED) is 0.373. The number of hydrogen-bond donors (Lipinski definition) is 1. The standard InChI is InChI=1S/C35H42FN3O5/c1-23-5-3-6-28(30-7-4-8-32(37-30)39-18-13-29(35(40)41)31(21-39)42-2)34(23)44-22-25-10-9-24-11-16-38(17-12-27(24)33(25)36)26-14-19-43-20-15-26/h3-10,26,29,31H,11-22H2,1-2H3,(H,40,41)/t29-,31+/m1/s1. The average molecular weight is 604 g/mol. The van der Waals surface area contributed by atoms with Crippen molar-refractivity contribution in [1.82, 2.24) is 9.88 Å². The van der Waals surface area contributed by atoms with Gasteiger partial charge in [-0.15, -0.1) is 0 Å². The third kappa shape index (κ3) is 6.46. The molecule has 0 bridgehead atoms. The summed E-state index contributed by atoms with van der Waals surface area (Å²) in [6.07, 6.45) is 3.72. The maximum Gasteiger partial charge on any atom is 0.309 e. The van der Waals surface area contributed by atoms with Crippen LogP contribution in [0.3, 0.4) is 0 Å². The predicted octanol–water partition coefficient (Wildman–Crippen LogP) is 5.28. The molecule has 0 amide bonds. The molecule has 1 aromatic heterocycles. The number of carboxylic acid groups (broad SMARTS) is 1. The molecule has 0 radical (unpaired) electrons. The third-order valence-corrected chi connectivity index (χ3v) is 9.54. The van der Waals surface area contributed by atoms with Gasteiger partial charge in [0.05, 0.1) is 17.7 Å². The van der Waals surface area contributed by atoms with E-state index in [4.69, 9.17) is 19.2 Å². The van der Waals surface area contributed by atoms with Crippen molar-refractivity contribution in [3.8, 4) is 17.0 Å². The summed E-state index contributed by atoms with van der Waals surface area (Å²) in [5.41, 5.74) is 5.00. The molecule has 8 nitrogen and oxygen atoms in total. The van der Waals surface area contributed by atoms with Crippen LogP contribution in [0, 0.1) is 18.7 Å². The maximum absolute atomic E-state index is 15.9. The number of benzene rings is 2. The van der Waals surface area contributed by atoms with Crippen molar-refractivity contribution in [3.05, 3.63) is 76.6 Å². The molecule has 0 aliphatic carbocycles. The summed E-state index contributed by atoms with van der Waals surface area (Å²) >= 11 is 0. The first-order valence-electron chi connectivity index (χ1n) is 15.7. The van der Waals surface area contributed by atoms with Gasteiger partial charge >= 0.3 is 5.97 Å². The third-order valence-electron chi connectivity index (χ3n) is 9.54. The van der Waals surface area contributed by atoms with E-state index < -0.39 is 18.0 Å². The smallest absolute Gasteiger partial charge is 0.309 e. The van der Waals surface area contributed by atoms with Gasteiger partial charge in [0.2, 0.25) is 0 Å². The lowest BCUT2D eigenvalue weighted by Gasteiger charge is -2.36. The van der Waals surface area contributed by atoms with Crippen molar-refractivity contribution in [2.45, 2.75) is 57.8 Å². The van der Waals surface area contributed by atoms with Gasteiger partial charge in [0.15, 0.2) is 0 Å². The highest BCUT2D eigenvalue weighted by Gasteiger charge is 2.35. The van der Waals surface area contributed by atoms with E-state index in [1.165, 1.54) is 0 Å². The molecular formula is C35H42FN3O5. The van der Waals surface area contributed by atoms with E-state index in [-0.39, 0.29) is 12.4 Å². The molecule has 2 saturated heterocycles. The second-order valence-corrected chi connectivity index (χ2v) is 12.1. The molecule has 44 heavy (non-hydrogen) atoms. The van der Waals surface area contributed by atoms with Crippen LogP contribution < -0.4 is 9.64 Å². The minimum absolute atomic E-state index is 0.124. The Labute approximate surface area is 258 Å². The van der Waals surface area contributed by atoms with Crippen LogP contribution in [0.2, 0.25) is 0 Å². The van der Waals surface area contributed by atoms with Gasteiger partial charge in [-0.25, -0.2) is 9.37 Å². The number of carboxylic acids is 1. The molecular weight excluding hydrogens is 561 g/mol. The Hall–Kier alpha value is -3.53. The maximum atomic E-state index is 15.9. The number of methoxy groups -OCH3 is 1. The molecule has 2 aromatic carbocycles. The molecule has 2 atom stereocenters. The summed E-state index contributed by atoms with van der Waals surface area (Å²) in [5.74, 6) is -0.0776. The van der Waals surface area contributed by atoms with Crippen LogP contribution in [-0.4, -0.2) is 79.6 Å². The molecule has 2 fully saturated rings. The number of pyridine rings is 1. The number of nitrogens with zero attached hydrogens (tertiary/aromatic N) is 3. The molecule has 1 N–H and O–H groups in total. The van der Waals surface area contributed by atoms with E-state index in [1.54, 1.807) is 7.11 Å². The van der Waals surface area contributed by atoms with Gasteiger partial charge in [0, 0.05) is 63.7 Å². The van der Waals surface area contributed by atoms with E-state index in [1.807, 2.05) is 49.4 Å². The Balaban J connectivity index is 1.18. The lowest BCUT2D eigenvalue weighted by atomic mass is 9.94. The summed E-state index contributed by atoms with van der Waals surface area (Å²) in [5, 5.41) is 9.57. The number of fused-ring (bicyclic) bond motifs is 1. The van der Waals surface area contributed by atoms with Crippen LogP contribution in [0.25, 0.3) is 11.3 Å². The first-order chi connectivity index (χ1) is 21.4. The lowest BCUT2D eigenvalue weighted by molar-refractivity contribution is -0.147. The summed E-state index contributed by atoms with van der Waals surface area (Å²) in [6.45, 7) is 6.58. The fourth-order valence-corrected chi connectivity index (χ4v) is 6.96. The second kappa shape index (κ2) is 13.6. The highest BCUT2D eigenvalue weighted by molar-refractivity contribution is 5.72. The zero-order valence-corrected chi connectivity index (χ0v) is 25.6. The molecule has 0 spiro atoms. The minimum Gasteiger partial charge on any atom is -0.488 e. The number of aryl methyl sites for hydroxylation is 1. The van der Waals surface area contributed by atoms with Gasteiger partial charge in [-0.1, -0.05) is 30.3 Å². The van der Waals surface area contributed by atoms with Crippen molar-refractivity contribution in [1.29, 1.82) is 0 Å². The van der Waals surface area contributed by atoms with E-state index in [2.05, 4.69) is 15.9 Å². The van der Waals surface area contributed by atoms with Crippen molar-refractivity contribution in [2.75, 3.05) is 51.4 Å². The molecule has 3 aliphatic heterocycles. The highest BCUT2D eigenvalue weighted by Crippen LogP contribution is 2.35. The molecule has 0 saturated carbocycles. The Morgan fingerprint density at radius 1 is 1.05 bits per heavy atom. The van der Waals surface area contributed by atoms with Crippen molar-refractivity contribution in [2.24, 2.45) is 5.92 Å². The molecule has 0 unspecified atom stereocenters. The first kappa shape index (κ1) is 30.5.